The van der Waals surface area contributed by atoms with Gasteiger partial charge < -0.3 is 10.1 Å². The third kappa shape index (κ3) is 2.45. The van der Waals surface area contributed by atoms with Crippen LogP contribution in [0.15, 0.2) is 12.7 Å². The molecule has 1 fully saturated rings. The second-order valence-electron chi connectivity index (χ2n) is 3.10. The van der Waals surface area contributed by atoms with Crippen molar-refractivity contribution in [1.82, 2.24) is 5.32 Å². The minimum Gasteiger partial charge on any atom is -0.468 e. The van der Waals surface area contributed by atoms with Crippen molar-refractivity contribution in [3.05, 3.63) is 12.7 Å². The fourth-order valence-corrected chi connectivity index (χ4v) is 1.68. The van der Waals surface area contributed by atoms with Crippen molar-refractivity contribution in [2.45, 2.75) is 24.8 Å². The average molecular weight is 206 g/mol. The Morgan fingerprint density at radius 2 is 2.46 bits per heavy atom. The van der Waals surface area contributed by atoms with Crippen LogP contribution in [0.25, 0.3) is 0 Å². The molecular weight excluding hydrogens is 190 g/mol. The zero-order valence-electron chi connectivity index (χ0n) is 7.84. The molecule has 1 rings (SSSR count). The minimum absolute atomic E-state index is 0. The molecule has 0 unspecified atom stereocenters. The second-order valence-corrected chi connectivity index (χ2v) is 3.10. The predicted molar refractivity (Wildman–Crippen MR) is 54.0 cm³/mol. The molecule has 1 aliphatic heterocycles. The monoisotopic (exact) mass is 205 g/mol. The molecular formula is C9H16ClNO2. The Labute approximate surface area is 84.9 Å². The molecule has 13 heavy (non-hydrogen) atoms. The smallest absolute Gasteiger partial charge is 0.326 e. The van der Waals surface area contributed by atoms with Crippen LogP contribution in [0.2, 0.25) is 0 Å². The van der Waals surface area contributed by atoms with Crippen molar-refractivity contribution in [1.29, 1.82) is 0 Å². The van der Waals surface area contributed by atoms with Crippen molar-refractivity contribution in [2.24, 2.45) is 0 Å². The summed E-state index contributed by atoms with van der Waals surface area (Å²) in [6, 6.07) is 0. The number of carbonyl (C=O) groups excluding carboxylic acids is 1. The molecule has 0 spiro atoms. The third-order valence-corrected chi connectivity index (χ3v) is 2.31. The van der Waals surface area contributed by atoms with Gasteiger partial charge in [0, 0.05) is 0 Å². The Kier molecular flexibility index (Phi) is 5.03. The molecule has 1 aliphatic rings. The molecule has 1 N–H and O–H groups in total. The molecule has 76 valence electrons. The summed E-state index contributed by atoms with van der Waals surface area (Å²) in [6.07, 6.45) is 4.30. The van der Waals surface area contributed by atoms with E-state index in [1.54, 1.807) is 6.08 Å². The number of halogens is 1. The zero-order valence-corrected chi connectivity index (χ0v) is 8.65. The van der Waals surface area contributed by atoms with E-state index in [9.17, 15) is 4.79 Å². The second kappa shape index (κ2) is 5.25. The summed E-state index contributed by atoms with van der Waals surface area (Å²) in [7, 11) is 1.42. The molecule has 0 radical (unpaired) electrons. The van der Waals surface area contributed by atoms with E-state index in [0.717, 1.165) is 19.4 Å². The highest BCUT2D eigenvalue weighted by atomic mass is 35.5. The van der Waals surface area contributed by atoms with Crippen LogP contribution in [-0.4, -0.2) is 25.2 Å². The first-order valence-electron chi connectivity index (χ1n) is 4.19. The van der Waals surface area contributed by atoms with E-state index in [2.05, 4.69) is 11.9 Å². The molecule has 1 heterocycles. The maximum absolute atomic E-state index is 11.4. The quantitative estimate of drug-likeness (QED) is 0.557. The maximum atomic E-state index is 11.4. The van der Waals surface area contributed by atoms with Crippen LogP contribution >= 0.6 is 12.4 Å². The molecule has 3 nitrogen and oxygen atoms in total. The maximum Gasteiger partial charge on any atom is 0.326 e. The van der Waals surface area contributed by atoms with E-state index in [-0.39, 0.29) is 18.4 Å². The van der Waals surface area contributed by atoms with E-state index in [1.807, 2.05) is 0 Å². The van der Waals surface area contributed by atoms with E-state index in [1.165, 1.54) is 7.11 Å². The lowest BCUT2D eigenvalue weighted by atomic mass is 9.93. The van der Waals surface area contributed by atoms with Gasteiger partial charge in [0.25, 0.3) is 0 Å². The average Bonchev–Trinajstić information content (AvgIpc) is 2.53. The number of methoxy groups -OCH3 is 1. The van der Waals surface area contributed by atoms with Gasteiger partial charge in [-0.1, -0.05) is 6.08 Å². The molecule has 0 amide bonds. The van der Waals surface area contributed by atoms with Gasteiger partial charge in [0.15, 0.2) is 0 Å². The first-order valence-corrected chi connectivity index (χ1v) is 4.19. The number of nitrogens with one attached hydrogen (secondary N) is 1. The number of carbonyl (C=O) groups is 1. The van der Waals surface area contributed by atoms with Crippen molar-refractivity contribution < 1.29 is 9.53 Å². The van der Waals surface area contributed by atoms with E-state index < -0.39 is 5.54 Å². The van der Waals surface area contributed by atoms with Crippen molar-refractivity contribution in [2.75, 3.05) is 13.7 Å². The number of hydrogen-bond acceptors (Lipinski definition) is 3. The summed E-state index contributed by atoms with van der Waals surface area (Å²) in [5.74, 6) is -0.167. The van der Waals surface area contributed by atoms with Crippen LogP contribution in [0.1, 0.15) is 19.3 Å². The fourth-order valence-electron chi connectivity index (χ4n) is 1.68. The molecule has 0 aromatic heterocycles. The van der Waals surface area contributed by atoms with Crippen molar-refractivity contribution >= 4 is 18.4 Å². The zero-order chi connectivity index (χ0) is 9.03. The van der Waals surface area contributed by atoms with Gasteiger partial charge in [0.1, 0.15) is 5.54 Å². The first kappa shape index (κ1) is 12.5. The summed E-state index contributed by atoms with van der Waals surface area (Å²) in [4.78, 5) is 11.4. The molecule has 0 saturated carbocycles. The molecule has 4 heteroatoms. The van der Waals surface area contributed by atoms with Gasteiger partial charge in [-0.15, -0.1) is 19.0 Å². The summed E-state index contributed by atoms with van der Waals surface area (Å²) >= 11 is 0. The number of rotatable bonds is 3. The fraction of sp³-hybridized carbons (Fsp3) is 0.667. The summed E-state index contributed by atoms with van der Waals surface area (Å²) in [5.41, 5.74) is -0.476. The van der Waals surface area contributed by atoms with Gasteiger partial charge in [-0.2, -0.15) is 0 Å². The van der Waals surface area contributed by atoms with Gasteiger partial charge in [-0.05, 0) is 25.8 Å². The minimum atomic E-state index is -0.476. The van der Waals surface area contributed by atoms with Crippen molar-refractivity contribution in [3.8, 4) is 0 Å². The Morgan fingerprint density at radius 3 is 2.85 bits per heavy atom. The van der Waals surface area contributed by atoms with Crippen LogP contribution in [0.3, 0.4) is 0 Å². The topological polar surface area (TPSA) is 38.3 Å². The van der Waals surface area contributed by atoms with Crippen LogP contribution in [0, 0.1) is 0 Å². The third-order valence-electron chi connectivity index (χ3n) is 2.31. The molecule has 1 saturated heterocycles. The van der Waals surface area contributed by atoms with Gasteiger partial charge in [0.2, 0.25) is 0 Å². The Hall–Kier alpha value is -0.540. The predicted octanol–water partition coefficient (Wildman–Crippen LogP) is 1.28. The number of hydrogen-bond donors (Lipinski definition) is 1. The Balaban J connectivity index is 0.00000144. The largest absolute Gasteiger partial charge is 0.468 e. The number of ether oxygens (including phenoxy) is 1. The normalized spacial score (nSPS) is 26.2. The summed E-state index contributed by atoms with van der Waals surface area (Å²) in [5, 5.41) is 3.18. The Morgan fingerprint density at radius 1 is 1.77 bits per heavy atom. The van der Waals surface area contributed by atoms with Crippen molar-refractivity contribution in [3.63, 3.8) is 0 Å². The van der Waals surface area contributed by atoms with Crippen LogP contribution in [0.4, 0.5) is 0 Å². The lowest BCUT2D eigenvalue weighted by Crippen LogP contribution is -2.47. The lowest BCUT2D eigenvalue weighted by molar-refractivity contribution is -0.147. The molecule has 0 aromatic rings. The van der Waals surface area contributed by atoms with E-state index >= 15 is 0 Å². The van der Waals surface area contributed by atoms with E-state index in [4.69, 9.17) is 4.74 Å². The Bertz CT molecular complexity index is 188. The molecule has 0 bridgehead atoms. The highest BCUT2D eigenvalue weighted by Crippen LogP contribution is 2.24. The highest BCUT2D eigenvalue weighted by Gasteiger charge is 2.40. The van der Waals surface area contributed by atoms with Gasteiger partial charge in [-0.3, -0.25) is 4.79 Å². The molecule has 0 aliphatic carbocycles. The van der Waals surface area contributed by atoms with Gasteiger partial charge in [0.05, 0.1) is 7.11 Å². The first-order chi connectivity index (χ1) is 5.75. The highest BCUT2D eigenvalue weighted by molar-refractivity contribution is 5.85. The summed E-state index contributed by atoms with van der Waals surface area (Å²) in [6.45, 7) is 4.53. The van der Waals surface area contributed by atoms with Crippen LogP contribution in [0.5, 0.6) is 0 Å². The standard InChI is InChI=1S/C9H15NO2.ClH/c1-3-5-9(8(11)12-2)6-4-7-10-9;/h3,10H,1,4-7H2,2H3;1H/t9-;/m0./s1. The lowest BCUT2D eigenvalue weighted by Gasteiger charge is -2.24. The number of esters is 1. The summed E-state index contributed by atoms with van der Waals surface area (Å²) < 4.78 is 4.74. The van der Waals surface area contributed by atoms with Crippen LogP contribution < -0.4 is 5.32 Å². The van der Waals surface area contributed by atoms with Gasteiger partial charge >= 0.3 is 5.97 Å². The van der Waals surface area contributed by atoms with E-state index in [0.29, 0.717) is 6.42 Å². The van der Waals surface area contributed by atoms with Gasteiger partial charge in [-0.25, -0.2) is 0 Å². The molecule has 1 atom stereocenters. The van der Waals surface area contributed by atoms with Crippen LogP contribution in [-0.2, 0) is 9.53 Å². The SMILES string of the molecule is C=CC[C@@]1(C(=O)OC)CCCN1.Cl. The molecule has 0 aromatic carbocycles.